The van der Waals surface area contributed by atoms with Crippen LogP contribution in [-0.2, 0) is 11.8 Å². The van der Waals surface area contributed by atoms with Gasteiger partial charge in [0.15, 0.2) is 0 Å². The summed E-state index contributed by atoms with van der Waals surface area (Å²) in [6.07, 6.45) is 5.57. The molecule has 3 N–H and O–H groups in total. The zero-order valence-corrected chi connectivity index (χ0v) is 10.0. The van der Waals surface area contributed by atoms with Gasteiger partial charge in [-0.2, -0.15) is 4.80 Å². The molecule has 7 nitrogen and oxygen atoms in total. The van der Waals surface area contributed by atoms with Gasteiger partial charge in [0.25, 0.3) is 5.95 Å². The second-order valence-corrected chi connectivity index (χ2v) is 4.75. The maximum absolute atomic E-state index is 11.8. The molecule has 2 rings (SSSR count). The third-order valence-electron chi connectivity index (χ3n) is 3.12. The fourth-order valence-corrected chi connectivity index (χ4v) is 2.26. The summed E-state index contributed by atoms with van der Waals surface area (Å²) in [6, 6.07) is 0. The Kier molecular flexibility index (Phi) is 3.37. The van der Waals surface area contributed by atoms with Crippen molar-refractivity contribution in [2.75, 3.05) is 5.32 Å². The van der Waals surface area contributed by atoms with Crippen molar-refractivity contribution in [3.05, 3.63) is 0 Å². The second-order valence-electron chi connectivity index (χ2n) is 4.75. The lowest BCUT2D eigenvalue weighted by Crippen LogP contribution is -2.44. The zero-order valence-electron chi connectivity index (χ0n) is 10.0. The van der Waals surface area contributed by atoms with Crippen LogP contribution in [0.1, 0.15) is 38.5 Å². The van der Waals surface area contributed by atoms with E-state index in [2.05, 4.69) is 20.7 Å². The summed E-state index contributed by atoms with van der Waals surface area (Å²) in [7, 11) is 1.65. The van der Waals surface area contributed by atoms with Gasteiger partial charge < -0.3 is 5.73 Å². The van der Waals surface area contributed by atoms with E-state index in [1.807, 2.05) is 0 Å². The van der Waals surface area contributed by atoms with E-state index in [0.29, 0.717) is 6.42 Å². The first-order valence-corrected chi connectivity index (χ1v) is 5.90. The smallest absolute Gasteiger partial charge is 0.270 e. The van der Waals surface area contributed by atoms with Gasteiger partial charge in [-0.15, -0.1) is 5.10 Å². The molecule has 1 aromatic rings. The van der Waals surface area contributed by atoms with Gasteiger partial charge in [0, 0.05) is 12.0 Å². The number of tetrazole rings is 1. The molecule has 0 saturated heterocycles. The molecule has 0 aromatic carbocycles. The fourth-order valence-electron chi connectivity index (χ4n) is 2.26. The lowest BCUT2D eigenvalue weighted by Gasteiger charge is -2.32. The van der Waals surface area contributed by atoms with Crippen molar-refractivity contribution in [2.45, 2.75) is 44.1 Å². The maximum Gasteiger partial charge on any atom is 0.270 e. The van der Waals surface area contributed by atoms with Crippen molar-refractivity contribution in [3.63, 3.8) is 0 Å². The molecule has 0 atom stereocenters. The molecule has 94 valence electrons. The largest absolute Gasteiger partial charge is 0.325 e. The number of amides is 1. The van der Waals surface area contributed by atoms with Crippen molar-refractivity contribution in [3.8, 4) is 0 Å². The Hall–Kier alpha value is -1.50. The monoisotopic (exact) mass is 238 g/mol. The van der Waals surface area contributed by atoms with Crippen LogP contribution in [0.3, 0.4) is 0 Å². The first-order valence-electron chi connectivity index (χ1n) is 5.90. The number of hydrogen-bond donors (Lipinski definition) is 2. The Morgan fingerprint density at radius 3 is 2.76 bits per heavy atom. The second kappa shape index (κ2) is 4.79. The first-order chi connectivity index (χ1) is 8.07. The topological polar surface area (TPSA) is 98.7 Å². The number of anilines is 1. The highest BCUT2D eigenvalue weighted by Crippen LogP contribution is 2.28. The number of aromatic nitrogens is 4. The van der Waals surface area contributed by atoms with Crippen LogP contribution in [0.25, 0.3) is 0 Å². The molecule has 0 aliphatic heterocycles. The van der Waals surface area contributed by atoms with Crippen LogP contribution in [0.5, 0.6) is 0 Å². The normalized spacial score (nSPS) is 18.9. The Morgan fingerprint density at radius 1 is 1.47 bits per heavy atom. The van der Waals surface area contributed by atoms with E-state index in [1.54, 1.807) is 7.05 Å². The number of nitrogens with one attached hydrogen (secondary N) is 1. The molecule has 7 heteroatoms. The highest BCUT2D eigenvalue weighted by molar-refractivity contribution is 5.89. The van der Waals surface area contributed by atoms with Crippen molar-refractivity contribution in [2.24, 2.45) is 12.8 Å². The molecule has 1 saturated carbocycles. The van der Waals surface area contributed by atoms with Crippen LogP contribution in [0.2, 0.25) is 0 Å². The minimum atomic E-state index is -0.357. The lowest BCUT2D eigenvalue weighted by molar-refractivity contribution is -0.117. The molecule has 0 unspecified atom stereocenters. The summed E-state index contributed by atoms with van der Waals surface area (Å²) in [5.41, 5.74) is 5.84. The number of rotatable bonds is 3. The standard InChI is InChI=1S/C10H18N6O/c1-16-14-9(13-15-16)12-8(17)7-10(11)5-3-2-4-6-10/h2-7,11H2,1H3,(H,12,14,17). The average molecular weight is 238 g/mol. The van der Waals surface area contributed by atoms with Gasteiger partial charge in [-0.25, -0.2) is 0 Å². The van der Waals surface area contributed by atoms with E-state index in [0.717, 1.165) is 25.7 Å². The van der Waals surface area contributed by atoms with Crippen LogP contribution < -0.4 is 11.1 Å². The zero-order chi connectivity index (χ0) is 12.3. The Bertz CT molecular complexity index is 395. The van der Waals surface area contributed by atoms with E-state index < -0.39 is 0 Å². The van der Waals surface area contributed by atoms with Crippen molar-refractivity contribution >= 4 is 11.9 Å². The highest BCUT2D eigenvalue weighted by Gasteiger charge is 2.30. The third kappa shape index (κ3) is 3.23. The predicted octanol–water partition coefficient (Wildman–Crippen LogP) is 0.200. The molecule has 1 aliphatic carbocycles. The molecular formula is C10H18N6O. The summed E-state index contributed by atoms with van der Waals surface area (Å²) >= 11 is 0. The van der Waals surface area contributed by atoms with Gasteiger partial charge >= 0.3 is 0 Å². The molecule has 1 fully saturated rings. The minimum Gasteiger partial charge on any atom is -0.325 e. The molecule has 1 amide bonds. The van der Waals surface area contributed by atoms with Crippen LogP contribution >= 0.6 is 0 Å². The number of carbonyl (C=O) groups is 1. The summed E-state index contributed by atoms with van der Waals surface area (Å²) in [4.78, 5) is 13.1. The summed E-state index contributed by atoms with van der Waals surface area (Å²) < 4.78 is 0. The number of carbonyl (C=O) groups excluding carboxylic acids is 1. The van der Waals surface area contributed by atoms with E-state index >= 15 is 0 Å². The van der Waals surface area contributed by atoms with E-state index in [9.17, 15) is 4.79 Å². The van der Waals surface area contributed by atoms with Gasteiger partial charge in [-0.3, -0.25) is 10.1 Å². The van der Waals surface area contributed by atoms with Gasteiger partial charge in [-0.1, -0.05) is 24.4 Å². The van der Waals surface area contributed by atoms with Crippen molar-refractivity contribution < 1.29 is 4.79 Å². The number of nitrogens with two attached hydrogens (primary N) is 1. The van der Waals surface area contributed by atoms with Crippen molar-refractivity contribution in [1.82, 2.24) is 20.2 Å². The third-order valence-corrected chi connectivity index (χ3v) is 3.12. The fraction of sp³-hybridized carbons (Fsp3) is 0.800. The SMILES string of the molecule is Cn1nnc(NC(=O)CC2(N)CCCCC2)n1. The summed E-state index contributed by atoms with van der Waals surface area (Å²) in [5, 5.41) is 13.8. The quantitative estimate of drug-likeness (QED) is 0.783. The molecule has 0 radical (unpaired) electrons. The van der Waals surface area contributed by atoms with Crippen LogP contribution in [-0.4, -0.2) is 31.7 Å². The van der Waals surface area contributed by atoms with Crippen LogP contribution in [0.15, 0.2) is 0 Å². The van der Waals surface area contributed by atoms with Crippen LogP contribution in [0, 0.1) is 0 Å². The Labute approximate surface area is 99.7 Å². The summed E-state index contributed by atoms with van der Waals surface area (Å²) in [6.45, 7) is 0. The summed E-state index contributed by atoms with van der Waals surface area (Å²) in [5.74, 6) is 0.0966. The number of nitrogens with zero attached hydrogens (tertiary/aromatic N) is 4. The van der Waals surface area contributed by atoms with Crippen molar-refractivity contribution in [1.29, 1.82) is 0 Å². The van der Waals surface area contributed by atoms with Gasteiger partial charge in [0.05, 0.1) is 7.05 Å². The molecule has 1 aromatic heterocycles. The van der Waals surface area contributed by atoms with Crippen LogP contribution in [0.4, 0.5) is 5.95 Å². The molecule has 0 bridgehead atoms. The van der Waals surface area contributed by atoms with Gasteiger partial charge in [0.1, 0.15) is 0 Å². The molecule has 1 aliphatic rings. The maximum atomic E-state index is 11.8. The number of aryl methyl sites for hydroxylation is 1. The predicted molar refractivity (Wildman–Crippen MR) is 62.0 cm³/mol. The Balaban J connectivity index is 1.88. The number of hydrogen-bond acceptors (Lipinski definition) is 5. The molecule has 1 heterocycles. The lowest BCUT2D eigenvalue weighted by atomic mass is 9.80. The van der Waals surface area contributed by atoms with E-state index in [-0.39, 0.29) is 17.4 Å². The molecule has 17 heavy (non-hydrogen) atoms. The van der Waals surface area contributed by atoms with Gasteiger partial charge in [0.2, 0.25) is 5.91 Å². The molecule has 0 spiro atoms. The molecular weight excluding hydrogens is 220 g/mol. The Morgan fingerprint density at radius 2 is 2.18 bits per heavy atom. The van der Waals surface area contributed by atoms with Gasteiger partial charge in [-0.05, 0) is 18.1 Å². The highest BCUT2D eigenvalue weighted by atomic mass is 16.1. The average Bonchev–Trinajstić information content (AvgIpc) is 2.63. The van der Waals surface area contributed by atoms with E-state index in [1.165, 1.54) is 11.2 Å². The first kappa shape index (κ1) is 12.0. The minimum absolute atomic E-state index is 0.137. The van der Waals surface area contributed by atoms with E-state index in [4.69, 9.17) is 5.73 Å².